The van der Waals surface area contributed by atoms with Crippen molar-refractivity contribution in [2.45, 2.75) is 44.9 Å². The van der Waals surface area contributed by atoms with Gasteiger partial charge < -0.3 is 0 Å². The second-order valence-corrected chi connectivity index (χ2v) is 10.4. The van der Waals surface area contributed by atoms with Gasteiger partial charge in [-0.2, -0.15) is 5.10 Å². The Balaban J connectivity index is 1.77. The maximum absolute atomic E-state index is 13.2. The lowest BCUT2D eigenvalue weighted by atomic mass is 9.84. The summed E-state index contributed by atoms with van der Waals surface area (Å²) in [6.07, 6.45) is 1.73. The quantitative estimate of drug-likeness (QED) is 0.483. The number of fused-ring (bicyclic) bond motifs is 1. The number of hydrogen-bond donors (Lipinski definition) is 1. The predicted octanol–water partition coefficient (Wildman–Crippen LogP) is 5.14. The van der Waals surface area contributed by atoms with Crippen molar-refractivity contribution in [1.82, 2.24) is 14.8 Å². The third-order valence-electron chi connectivity index (χ3n) is 5.24. The van der Waals surface area contributed by atoms with Gasteiger partial charge in [0.15, 0.2) is 0 Å². The number of sulfonamides is 1. The molecule has 6 nitrogen and oxygen atoms in total. The third-order valence-corrected chi connectivity index (χ3v) is 6.59. The average molecular weight is 435 g/mol. The number of hydrogen-bond acceptors (Lipinski definition) is 4. The van der Waals surface area contributed by atoms with Crippen molar-refractivity contribution >= 4 is 26.7 Å². The van der Waals surface area contributed by atoms with E-state index in [0.29, 0.717) is 11.5 Å². The molecule has 0 aliphatic carbocycles. The topological polar surface area (TPSA) is 76.9 Å². The summed E-state index contributed by atoms with van der Waals surface area (Å²) in [5.41, 5.74) is 4.29. The van der Waals surface area contributed by atoms with Gasteiger partial charge in [-0.1, -0.05) is 32.9 Å². The van der Waals surface area contributed by atoms with Crippen molar-refractivity contribution in [3.05, 3.63) is 77.6 Å². The number of nitrogens with zero attached hydrogens (tertiary/aromatic N) is 3. The summed E-state index contributed by atoms with van der Waals surface area (Å²) in [4.78, 5) is 4.61. The van der Waals surface area contributed by atoms with E-state index in [1.165, 1.54) is 0 Å². The Bertz CT molecular complexity index is 1380. The molecule has 0 amide bonds. The number of rotatable bonds is 4. The van der Waals surface area contributed by atoms with Gasteiger partial charge in [-0.25, -0.2) is 13.1 Å². The number of aryl methyl sites for hydroxylation is 2. The highest BCUT2D eigenvalue weighted by atomic mass is 32.2. The first kappa shape index (κ1) is 21.1. The van der Waals surface area contributed by atoms with Crippen LogP contribution in [0.5, 0.6) is 0 Å². The van der Waals surface area contributed by atoms with Gasteiger partial charge >= 0.3 is 0 Å². The summed E-state index contributed by atoms with van der Waals surface area (Å²) >= 11 is 0. The van der Waals surface area contributed by atoms with Crippen LogP contribution in [0.2, 0.25) is 0 Å². The van der Waals surface area contributed by atoms with Crippen LogP contribution >= 0.6 is 0 Å². The Hall–Kier alpha value is -3.19. The normalized spacial score (nSPS) is 12.3. The van der Waals surface area contributed by atoms with Crippen LogP contribution in [0.25, 0.3) is 16.6 Å². The third kappa shape index (κ3) is 4.05. The van der Waals surface area contributed by atoms with Gasteiger partial charge in [0, 0.05) is 17.6 Å². The van der Waals surface area contributed by atoms with Gasteiger partial charge in [-0.3, -0.25) is 9.71 Å². The highest BCUT2D eigenvalue weighted by molar-refractivity contribution is 7.92. The van der Waals surface area contributed by atoms with Crippen LogP contribution in [0, 0.1) is 13.8 Å². The number of nitrogens with one attached hydrogen (secondary N) is 1. The van der Waals surface area contributed by atoms with Crippen LogP contribution in [0.3, 0.4) is 0 Å². The minimum absolute atomic E-state index is 0.0576. The molecule has 0 unspecified atom stereocenters. The molecule has 0 spiro atoms. The Morgan fingerprint density at radius 1 is 0.968 bits per heavy atom. The van der Waals surface area contributed by atoms with Gasteiger partial charge in [0.25, 0.3) is 10.0 Å². The molecular weight excluding hydrogens is 408 g/mol. The van der Waals surface area contributed by atoms with E-state index in [-0.39, 0.29) is 10.3 Å². The molecule has 0 aliphatic heterocycles. The van der Waals surface area contributed by atoms with Gasteiger partial charge in [0.2, 0.25) is 0 Å². The number of pyridine rings is 1. The van der Waals surface area contributed by atoms with Gasteiger partial charge in [0.1, 0.15) is 5.82 Å². The van der Waals surface area contributed by atoms with Crippen LogP contribution < -0.4 is 4.72 Å². The maximum Gasteiger partial charge on any atom is 0.263 e. The zero-order valence-electron chi connectivity index (χ0n) is 18.3. The van der Waals surface area contributed by atoms with Crippen LogP contribution in [-0.4, -0.2) is 23.2 Å². The molecule has 0 atom stereocenters. The van der Waals surface area contributed by atoms with Crippen molar-refractivity contribution in [3.8, 4) is 5.69 Å². The monoisotopic (exact) mass is 434 g/mol. The van der Waals surface area contributed by atoms with Crippen molar-refractivity contribution in [2.75, 3.05) is 4.72 Å². The van der Waals surface area contributed by atoms with E-state index < -0.39 is 10.0 Å². The van der Waals surface area contributed by atoms with Gasteiger partial charge in [-0.05, 0) is 66.8 Å². The average Bonchev–Trinajstić information content (AvgIpc) is 3.05. The van der Waals surface area contributed by atoms with Crippen LogP contribution in [0.4, 0.5) is 5.82 Å². The van der Waals surface area contributed by atoms with Gasteiger partial charge in [0.05, 0.1) is 21.8 Å². The lowest BCUT2D eigenvalue weighted by Crippen LogP contribution is -2.18. The summed E-state index contributed by atoms with van der Waals surface area (Å²) in [5, 5.41) is 5.42. The first-order valence-corrected chi connectivity index (χ1v) is 11.6. The smallest absolute Gasteiger partial charge is 0.263 e. The van der Waals surface area contributed by atoms with E-state index in [2.05, 4.69) is 35.6 Å². The molecule has 1 N–H and O–H groups in total. The molecular formula is C24H26N4O2S. The zero-order chi connectivity index (χ0) is 22.4. The summed E-state index contributed by atoms with van der Waals surface area (Å²) in [6, 6.07) is 16.5. The first-order valence-electron chi connectivity index (χ1n) is 10.1. The standard InChI is InChI=1S/C24H26N4O2S/c1-16-14-18(11-12-20(16)24(3,4)5)31(29,30)27-23-15-17(2)26-28(23)22-10-6-9-21-19(22)8-7-13-25-21/h6-15,27H,1-5H3. The number of benzene rings is 2. The summed E-state index contributed by atoms with van der Waals surface area (Å²) in [5.74, 6) is 0.381. The lowest BCUT2D eigenvalue weighted by Gasteiger charge is -2.22. The van der Waals surface area contributed by atoms with Crippen LogP contribution in [0.15, 0.2) is 65.7 Å². The first-order chi connectivity index (χ1) is 14.6. The SMILES string of the molecule is Cc1cc(NS(=O)(=O)c2ccc(C(C)(C)C)c(C)c2)n(-c2cccc3ncccc23)n1. The molecule has 160 valence electrons. The van der Waals surface area contributed by atoms with E-state index in [1.54, 1.807) is 29.1 Å². The summed E-state index contributed by atoms with van der Waals surface area (Å²) in [7, 11) is -3.79. The zero-order valence-corrected chi connectivity index (χ0v) is 19.2. The van der Waals surface area contributed by atoms with Crippen molar-refractivity contribution in [2.24, 2.45) is 0 Å². The van der Waals surface area contributed by atoms with Crippen molar-refractivity contribution in [1.29, 1.82) is 0 Å². The molecule has 2 aromatic heterocycles. The van der Waals surface area contributed by atoms with E-state index in [0.717, 1.165) is 27.7 Å². The predicted molar refractivity (Wildman–Crippen MR) is 124 cm³/mol. The largest absolute Gasteiger partial charge is 0.263 e. The fourth-order valence-electron chi connectivity index (χ4n) is 3.87. The molecule has 0 fully saturated rings. The Kier molecular flexibility index (Phi) is 5.09. The molecule has 0 bridgehead atoms. The van der Waals surface area contributed by atoms with E-state index in [4.69, 9.17) is 0 Å². The Morgan fingerprint density at radius 3 is 2.45 bits per heavy atom. The Labute approximate surface area is 183 Å². The fraction of sp³-hybridized carbons (Fsp3) is 0.250. The molecule has 0 radical (unpaired) electrons. The molecule has 0 aliphatic rings. The molecule has 2 aromatic carbocycles. The highest BCUT2D eigenvalue weighted by Gasteiger charge is 2.22. The Morgan fingerprint density at radius 2 is 1.74 bits per heavy atom. The fourth-order valence-corrected chi connectivity index (χ4v) is 4.99. The van der Waals surface area contributed by atoms with E-state index in [1.807, 2.05) is 50.2 Å². The number of anilines is 1. The van der Waals surface area contributed by atoms with Crippen molar-refractivity contribution < 1.29 is 8.42 Å². The molecule has 0 saturated carbocycles. The number of aromatic nitrogens is 3. The second kappa shape index (κ2) is 7.50. The minimum atomic E-state index is -3.79. The maximum atomic E-state index is 13.2. The van der Waals surface area contributed by atoms with E-state index >= 15 is 0 Å². The van der Waals surface area contributed by atoms with Gasteiger partial charge in [-0.15, -0.1) is 0 Å². The molecule has 4 rings (SSSR count). The molecule has 4 aromatic rings. The lowest BCUT2D eigenvalue weighted by molar-refractivity contribution is 0.583. The van der Waals surface area contributed by atoms with Crippen molar-refractivity contribution in [3.63, 3.8) is 0 Å². The van der Waals surface area contributed by atoms with Crippen LogP contribution in [-0.2, 0) is 15.4 Å². The molecule has 2 heterocycles. The second-order valence-electron chi connectivity index (χ2n) is 8.76. The summed E-state index contributed by atoms with van der Waals surface area (Å²) in [6.45, 7) is 10.1. The highest BCUT2D eigenvalue weighted by Crippen LogP contribution is 2.29. The van der Waals surface area contributed by atoms with E-state index in [9.17, 15) is 8.42 Å². The van der Waals surface area contributed by atoms with Crippen LogP contribution in [0.1, 0.15) is 37.6 Å². The minimum Gasteiger partial charge on any atom is -0.263 e. The summed E-state index contributed by atoms with van der Waals surface area (Å²) < 4.78 is 30.8. The molecule has 7 heteroatoms. The molecule has 31 heavy (non-hydrogen) atoms. The molecule has 0 saturated heterocycles.